The summed E-state index contributed by atoms with van der Waals surface area (Å²) in [7, 11) is 0. The van der Waals surface area contributed by atoms with Crippen LogP contribution in [0, 0.1) is 5.92 Å². The summed E-state index contributed by atoms with van der Waals surface area (Å²) in [5, 5.41) is 3.55. The first kappa shape index (κ1) is 19.4. The molecular weight excluding hydrogens is 372 g/mol. The topological polar surface area (TPSA) is 58.6 Å². The van der Waals surface area contributed by atoms with Crippen LogP contribution in [0.5, 0.6) is 0 Å². The van der Waals surface area contributed by atoms with E-state index in [0.29, 0.717) is 29.0 Å². The normalized spacial score (nSPS) is 23.7. The summed E-state index contributed by atoms with van der Waals surface area (Å²) in [4.78, 5) is 27.2. The molecule has 2 aliphatic rings. The number of hydrogen-bond acceptors (Lipinski definition) is 4. The summed E-state index contributed by atoms with van der Waals surface area (Å²) in [6.07, 6.45) is 5.86. The van der Waals surface area contributed by atoms with Gasteiger partial charge in [-0.3, -0.25) is 4.90 Å². The Hall–Kier alpha value is -1.40. The highest BCUT2D eigenvalue weighted by molar-refractivity contribution is 8.00. The van der Waals surface area contributed by atoms with Crippen molar-refractivity contribution in [3.05, 3.63) is 29.3 Å². The monoisotopic (exact) mass is 396 g/mol. The van der Waals surface area contributed by atoms with Gasteiger partial charge in [0.1, 0.15) is 6.04 Å². The molecule has 2 atom stereocenters. The Kier molecular flexibility index (Phi) is 6.70. The first-order valence-electron chi connectivity index (χ1n) is 9.23. The van der Waals surface area contributed by atoms with Crippen molar-refractivity contribution in [1.29, 1.82) is 0 Å². The summed E-state index contributed by atoms with van der Waals surface area (Å²) < 4.78 is 5.22. The molecule has 1 saturated heterocycles. The van der Waals surface area contributed by atoms with Gasteiger partial charge in [0.25, 0.3) is 0 Å². The lowest BCUT2D eigenvalue weighted by atomic mass is 9.88. The number of amides is 2. The number of esters is 1. The van der Waals surface area contributed by atoms with Gasteiger partial charge in [-0.15, -0.1) is 11.8 Å². The molecule has 1 aromatic carbocycles. The number of thioether (sulfide) groups is 1. The Bertz CT molecular complexity index is 634. The fourth-order valence-corrected chi connectivity index (χ4v) is 5.46. The number of benzene rings is 1. The zero-order valence-corrected chi connectivity index (χ0v) is 16.5. The number of carbonyl (C=O) groups excluding carboxylic acids is 2. The number of nitrogens with zero attached hydrogens (tertiary/aromatic N) is 1. The van der Waals surface area contributed by atoms with Crippen molar-refractivity contribution in [2.75, 3.05) is 17.7 Å². The van der Waals surface area contributed by atoms with E-state index in [1.54, 1.807) is 47.9 Å². The lowest BCUT2D eigenvalue weighted by Gasteiger charge is -2.35. The van der Waals surface area contributed by atoms with Gasteiger partial charge in [-0.25, -0.2) is 9.59 Å². The highest BCUT2D eigenvalue weighted by Gasteiger charge is 2.45. The van der Waals surface area contributed by atoms with Crippen molar-refractivity contribution in [3.63, 3.8) is 0 Å². The quantitative estimate of drug-likeness (QED) is 0.745. The predicted molar refractivity (Wildman–Crippen MR) is 106 cm³/mol. The number of halogens is 1. The number of anilines is 1. The van der Waals surface area contributed by atoms with Crippen LogP contribution in [0.4, 0.5) is 10.5 Å². The number of ether oxygens (including phenoxy) is 1. The maximum atomic E-state index is 13.0. The third-order valence-corrected chi connectivity index (χ3v) is 6.69. The SMILES string of the molecule is CCOC(=O)C1CSC(C2CCCCC2)N1C(=O)Nc1ccc(Cl)cc1. The molecule has 0 aromatic heterocycles. The molecule has 2 fully saturated rings. The Labute approximate surface area is 163 Å². The summed E-state index contributed by atoms with van der Waals surface area (Å²) >= 11 is 7.62. The second-order valence-electron chi connectivity index (χ2n) is 6.73. The molecule has 2 amide bonds. The summed E-state index contributed by atoms with van der Waals surface area (Å²) in [6.45, 7) is 2.11. The highest BCUT2D eigenvalue weighted by atomic mass is 35.5. The zero-order valence-electron chi connectivity index (χ0n) is 14.9. The van der Waals surface area contributed by atoms with Crippen molar-refractivity contribution in [2.45, 2.75) is 50.4 Å². The van der Waals surface area contributed by atoms with Crippen molar-refractivity contribution in [3.8, 4) is 0 Å². The first-order valence-corrected chi connectivity index (χ1v) is 10.7. The van der Waals surface area contributed by atoms with Crippen LogP contribution in [0.15, 0.2) is 24.3 Å². The summed E-state index contributed by atoms with van der Waals surface area (Å²) in [5.74, 6) is 0.710. The molecule has 7 heteroatoms. The predicted octanol–water partition coefficient (Wildman–Crippen LogP) is 4.76. The average molecular weight is 397 g/mol. The maximum absolute atomic E-state index is 13.0. The van der Waals surface area contributed by atoms with Crippen molar-refractivity contribution in [1.82, 2.24) is 4.90 Å². The van der Waals surface area contributed by atoms with Crippen molar-refractivity contribution >= 4 is 41.1 Å². The van der Waals surface area contributed by atoms with Crippen LogP contribution in [0.3, 0.4) is 0 Å². The maximum Gasteiger partial charge on any atom is 0.329 e. The molecule has 2 unspecified atom stereocenters. The zero-order chi connectivity index (χ0) is 18.5. The smallest absolute Gasteiger partial charge is 0.329 e. The number of carbonyl (C=O) groups is 2. The Morgan fingerprint density at radius 1 is 1.23 bits per heavy atom. The molecule has 142 valence electrons. The molecule has 1 heterocycles. The minimum atomic E-state index is -0.529. The lowest BCUT2D eigenvalue weighted by Crippen LogP contribution is -2.50. The van der Waals surface area contributed by atoms with Crippen LogP contribution in [-0.4, -0.2) is 40.7 Å². The van der Waals surface area contributed by atoms with Crippen molar-refractivity contribution in [2.24, 2.45) is 5.92 Å². The molecule has 3 rings (SSSR count). The largest absolute Gasteiger partial charge is 0.464 e. The van der Waals surface area contributed by atoms with Crippen LogP contribution >= 0.6 is 23.4 Å². The van der Waals surface area contributed by atoms with Crippen LogP contribution in [0.2, 0.25) is 5.02 Å². The fourth-order valence-electron chi connectivity index (χ4n) is 3.71. The Morgan fingerprint density at radius 2 is 1.92 bits per heavy atom. The van der Waals surface area contributed by atoms with E-state index in [9.17, 15) is 9.59 Å². The van der Waals surface area contributed by atoms with Gasteiger partial charge in [0.15, 0.2) is 0 Å². The molecule has 0 bridgehead atoms. The molecule has 1 aliphatic heterocycles. The summed E-state index contributed by atoms with van der Waals surface area (Å²) in [6, 6.07) is 6.22. The second kappa shape index (κ2) is 9.00. The number of urea groups is 1. The second-order valence-corrected chi connectivity index (χ2v) is 8.32. The molecular formula is C19H25ClN2O3S. The summed E-state index contributed by atoms with van der Waals surface area (Å²) in [5.41, 5.74) is 0.668. The molecule has 26 heavy (non-hydrogen) atoms. The van der Waals surface area contributed by atoms with Gasteiger partial charge in [-0.2, -0.15) is 0 Å². The Balaban J connectivity index is 1.78. The van der Waals surface area contributed by atoms with Gasteiger partial charge in [0, 0.05) is 16.5 Å². The van der Waals surface area contributed by atoms with E-state index in [0.717, 1.165) is 12.8 Å². The highest BCUT2D eigenvalue weighted by Crippen LogP contribution is 2.41. The fraction of sp³-hybridized carbons (Fsp3) is 0.579. The molecule has 1 aromatic rings. The van der Waals surface area contributed by atoms with Gasteiger partial charge >= 0.3 is 12.0 Å². The minimum Gasteiger partial charge on any atom is -0.464 e. The van der Waals surface area contributed by atoms with E-state index in [1.807, 2.05) is 0 Å². The first-order chi connectivity index (χ1) is 12.6. The van der Waals surface area contributed by atoms with Crippen LogP contribution in [0.1, 0.15) is 39.0 Å². The third-order valence-electron chi connectivity index (χ3n) is 4.98. The van der Waals surface area contributed by atoms with Gasteiger partial charge < -0.3 is 10.1 Å². The molecule has 5 nitrogen and oxygen atoms in total. The van der Waals surface area contributed by atoms with E-state index in [4.69, 9.17) is 16.3 Å². The van der Waals surface area contributed by atoms with E-state index in [2.05, 4.69) is 5.32 Å². The van der Waals surface area contributed by atoms with Crippen molar-refractivity contribution < 1.29 is 14.3 Å². The van der Waals surface area contributed by atoms with Crippen LogP contribution in [-0.2, 0) is 9.53 Å². The van der Waals surface area contributed by atoms with E-state index >= 15 is 0 Å². The Morgan fingerprint density at radius 3 is 2.58 bits per heavy atom. The van der Waals surface area contributed by atoms with Crippen LogP contribution in [0.25, 0.3) is 0 Å². The molecule has 1 N–H and O–H groups in total. The minimum absolute atomic E-state index is 0.0250. The number of hydrogen-bond donors (Lipinski definition) is 1. The number of nitrogens with one attached hydrogen (secondary N) is 1. The average Bonchev–Trinajstić information content (AvgIpc) is 3.10. The van der Waals surface area contributed by atoms with Gasteiger partial charge in [0.2, 0.25) is 0 Å². The molecule has 1 saturated carbocycles. The third kappa shape index (κ3) is 4.46. The van der Waals surface area contributed by atoms with Crippen LogP contribution < -0.4 is 5.32 Å². The van der Waals surface area contributed by atoms with E-state index < -0.39 is 6.04 Å². The molecule has 1 aliphatic carbocycles. The molecule has 0 spiro atoms. The van der Waals surface area contributed by atoms with Gasteiger partial charge in [-0.1, -0.05) is 30.9 Å². The van der Waals surface area contributed by atoms with Gasteiger partial charge in [0.05, 0.1) is 12.0 Å². The lowest BCUT2D eigenvalue weighted by molar-refractivity contribution is -0.147. The van der Waals surface area contributed by atoms with E-state index in [1.165, 1.54) is 19.3 Å². The standard InChI is InChI=1S/C19H25ClN2O3S/c1-2-25-18(23)16-12-26-17(13-6-4-3-5-7-13)22(16)19(24)21-15-10-8-14(20)9-11-15/h8-11,13,16-17H,2-7,12H2,1H3,(H,21,24). The molecule has 0 radical (unpaired) electrons. The van der Waals surface area contributed by atoms with Gasteiger partial charge in [-0.05, 0) is 49.9 Å². The van der Waals surface area contributed by atoms with E-state index in [-0.39, 0.29) is 17.4 Å². The number of rotatable bonds is 4.